The van der Waals surface area contributed by atoms with Crippen molar-refractivity contribution < 1.29 is 8.42 Å². The Labute approximate surface area is 150 Å². The highest BCUT2D eigenvalue weighted by molar-refractivity contribution is 7.91. The topological polar surface area (TPSA) is 61.8 Å². The summed E-state index contributed by atoms with van der Waals surface area (Å²) in [7, 11) is -0.885. The minimum Gasteiger partial charge on any atom is -0.354 e. The van der Waals surface area contributed by atoms with Crippen molar-refractivity contribution in [2.45, 2.75) is 32.9 Å². The van der Waals surface area contributed by atoms with Gasteiger partial charge in [-0.2, -0.15) is 0 Å². The Morgan fingerprint density at radius 1 is 1.46 bits per heavy atom. The van der Waals surface area contributed by atoms with Gasteiger partial charge in [0, 0.05) is 31.2 Å². The number of nitrogens with one attached hydrogen (secondary N) is 1. The predicted molar refractivity (Wildman–Crippen MR) is 100 cm³/mol. The molecule has 0 bridgehead atoms. The molecule has 2 rings (SSSR count). The first-order valence-electron chi connectivity index (χ1n) is 8.22. The van der Waals surface area contributed by atoms with E-state index in [0.717, 1.165) is 11.5 Å². The van der Waals surface area contributed by atoms with E-state index >= 15 is 0 Å². The summed E-state index contributed by atoms with van der Waals surface area (Å²) in [5.41, 5.74) is 1.10. The van der Waals surface area contributed by atoms with E-state index in [1.54, 1.807) is 0 Å². The van der Waals surface area contributed by atoms with Crippen LogP contribution in [-0.2, 0) is 16.4 Å². The maximum atomic E-state index is 11.6. The third-order valence-electron chi connectivity index (χ3n) is 3.91. The summed E-state index contributed by atoms with van der Waals surface area (Å²) >= 11 is 6.04. The monoisotopic (exact) mass is 371 g/mol. The van der Waals surface area contributed by atoms with E-state index in [0.29, 0.717) is 30.3 Å². The van der Waals surface area contributed by atoms with Gasteiger partial charge in [-0.05, 0) is 43.9 Å². The fraction of sp³-hybridized carbons (Fsp3) is 0.588. The molecule has 0 aliphatic carbocycles. The number of benzene rings is 1. The molecule has 1 N–H and O–H groups in total. The van der Waals surface area contributed by atoms with Gasteiger partial charge in [-0.1, -0.05) is 23.7 Å². The van der Waals surface area contributed by atoms with Gasteiger partial charge in [-0.25, -0.2) is 8.42 Å². The van der Waals surface area contributed by atoms with Crippen molar-refractivity contribution in [3.05, 3.63) is 34.9 Å². The normalized spacial score (nSPS) is 20.4. The molecule has 0 saturated carbocycles. The SMILES string of the molecule is CC(C)NC(=NCC1CCS(=O)(=O)C1)N(C)Cc1cccc(Cl)c1. The van der Waals surface area contributed by atoms with Crippen LogP contribution in [0.1, 0.15) is 25.8 Å². The van der Waals surface area contributed by atoms with Crippen LogP contribution in [0.25, 0.3) is 0 Å². The molecule has 1 aliphatic rings. The summed E-state index contributed by atoms with van der Waals surface area (Å²) in [6.45, 7) is 5.34. The molecule has 1 heterocycles. The molecule has 0 aromatic heterocycles. The molecule has 0 radical (unpaired) electrons. The number of hydrogen-bond donors (Lipinski definition) is 1. The highest BCUT2D eigenvalue weighted by atomic mass is 35.5. The van der Waals surface area contributed by atoms with Crippen LogP contribution in [0, 0.1) is 5.92 Å². The molecule has 1 fully saturated rings. The molecule has 0 spiro atoms. The molecule has 1 aliphatic heterocycles. The van der Waals surface area contributed by atoms with Crippen molar-refractivity contribution in [1.29, 1.82) is 0 Å². The number of halogens is 1. The molecule has 7 heteroatoms. The first kappa shape index (κ1) is 19.1. The second-order valence-electron chi connectivity index (χ2n) is 6.72. The summed E-state index contributed by atoms with van der Waals surface area (Å²) in [6, 6.07) is 8.00. The van der Waals surface area contributed by atoms with Crippen molar-refractivity contribution in [3.63, 3.8) is 0 Å². The van der Waals surface area contributed by atoms with Gasteiger partial charge in [0.15, 0.2) is 15.8 Å². The van der Waals surface area contributed by atoms with Crippen molar-refractivity contribution in [1.82, 2.24) is 10.2 Å². The van der Waals surface area contributed by atoms with E-state index in [1.165, 1.54) is 0 Å². The van der Waals surface area contributed by atoms with Gasteiger partial charge >= 0.3 is 0 Å². The highest BCUT2D eigenvalue weighted by Gasteiger charge is 2.27. The van der Waals surface area contributed by atoms with Crippen LogP contribution in [0.4, 0.5) is 0 Å². The fourth-order valence-corrected chi connectivity index (χ4v) is 4.81. The number of guanidine groups is 1. The minimum absolute atomic E-state index is 0.124. The summed E-state index contributed by atoms with van der Waals surface area (Å²) in [4.78, 5) is 6.70. The Balaban J connectivity index is 2.04. The lowest BCUT2D eigenvalue weighted by molar-refractivity contribution is 0.462. The Morgan fingerprint density at radius 2 is 2.21 bits per heavy atom. The zero-order chi connectivity index (χ0) is 17.7. The minimum atomic E-state index is -2.86. The fourth-order valence-electron chi connectivity index (χ4n) is 2.75. The maximum Gasteiger partial charge on any atom is 0.194 e. The number of hydrogen-bond acceptors (Lipinski definition) is 3. The molecule has 1 saturated heterocycles. The molecule has 0 amide bonds. The third-order valence-corrected chi connectivity index (χ3v) is 5.99. The van der Waals surface area contributed by atoms with Crippen LogP contribution in [0.3, 0.4) is 0 Å². The molecule has 1 aromatic carbocycles. The standard InChI is InChI=1S/C17H26ClN3O2S/c1-13(2)20-17(19-10-15-7-8-24(22,23)12-15)21(3)11-14-5-4-6-16(18)9-14/h4-6,9,13,15H,7-8,10-12H2,1-3H3,(H,19,20). The number of sulfone groups is 1. The van der Waals surface area contributed by atoms with Gasteiger partial charge in [-0.3, -0.25) is 4.99 Å². The van der Waals surface area contributed by atoms with Crippen molar-refractivity contribution in [2.24, 2.45) is 10.9 Å². The zero-order valence-electron chi connectivity index (χ0n) is 14.5. The zero-order valence-corrected chi connectivity index (χ0v) is 16.1. The Morgan fingerprint density at radius 3 is 2.79 bits per heavy atom. The van der Waals surface area contributed by atoms with Crippen molar-refractivity contribution >= 4 is 27.4 Å². The third kappa shape index (κ3) is 5.98. The molecule has 1 aromatic rings. The van der Waals surface area contributed by atoms with E-state index in [4.69, 9.17) is 11.6 Å². The van der Waals surface area contributed by atoms with Gasteiger partial charge in [0.05, 0.1) is 11.5 Å². The van der Waals surface area contributed by atoms with Crippen molar-refractivity contribution in [3.8, 4) is 0 Å². The molecule has 5 nitrogen and oxygen atoms in total. The molecule has 134 valence electrons. The number of nitrogens with zero attached hydrogens (tertiary/aromatic N) is 2. The predicted octanol–water partition coefficient (Wildman–Crippen LogP) is 2.56. The Bertz CT molecular complexity index is 689. The van der Waals surface area contributed by atoms with Gasteiger partial charge in [-0.15, -0.1) is 0 Å². The average molecular weight is 372 g/mol. The molecular formula is C17H26ClN3O2S. The Kier molecular flexibility index (Phi) is 6.52. The lowest BCUT2D eigenvalue weighted by Crippen LogP contribution is -2.42. The smallest absolute Gasteiger partial charge is 0.194 e. The van der Waals surface area contributed by atoms with E-state index < -0.39 is 9.84 Å². The molecule has 1 atom stereocenters. The van der Waals surface area contributed by atoms with E-state index in [1.807, 2.05) is 36.2 Å². The summed E-state index contributed by atoms with van der Waals surface area (Å²) in [5.74, 6) is 1.45. The van der Waals surface area contributed by atoms with E-state index in [2.05, 4.69) is 24.2 Å². The molecule has 24 heavy (non-hydrogen) atoms. The van der Waals surface area contributed by atoms with Gasteiger partial charge < -0.3 is 10.2 Å². The summed E-state index contributed by atoms with van der Waals surface area (Å²) in [6.07, 6.45) is 0.707. The number of aliphatic imine (C=N–C) groups is 1. The van der Waals surface area contributed by atoms with Gasteiger partial charge in [0.2, 0.25) is 0 Å². The van der Waals surface area contributed by atoms with Crippen LogP contribution >= 0.6 is 11.6 Å². The summed E-state index contributed by atoms with van der Waals surface area (Å²) < 4.78 is 23.2. The van der Waals surface area contributed by atoms with Crippen molar-refractivity contribution in [2.75, 3.05) is 25.1 Å². The second-order valence-corrected chi connectivity index (χ2v) is 9.38. The highest BCUT2D eigenvalue weighted by Crippen LogP contribution is 2.19. The Hall–Kier alpha value is -1.27. The van der Waals surface area contributed by atoms with Gasteiger partial charge in [0.25, 0.3) is 0 Å². The van der Waals surface area contributed by atoms with Crippen LogP contribution in [0.2, 0.25) is 5.02 Å². The van der Waals surface area contributed by atoms with Crippen LogP contribution in [0.5, 0.6) is 0 Å². The molecular weight excluding hydrogens is 346 g/mol. The van der Waals surface area contributed by atoms with Crippen LogP contribution < -0.4 is 5.32 Å². The lowest BCUT2D eigenvalue weighted by Gasteiger charge is -2.25. The average Bonchev–Trinajstić information content (AvgIpc) is 2.82. The lowest BCUT2D eigenvalue weighted by atomic mass is 10.1. The first-order chi connectivity index (χ1) is 11.2. The van der Waals surface area contributed by atoms with E-state index in [9.17, 15) is 8.42 Å². The van der Waals surface area contributed by atoms with Gasteiger partial charge in [0.1, 0.15) is 0 Å². The molecule has 1 unspecified atom stereocenters. The maximum absolute atomic E-state index is 11.6. The van der Waals surface area contributed by atoms with Crippen LogP contribution in [-0.4, -0.2) is 50.4 Å². The largest absolute Gasteiger partial charge is 0.354 e. The first-order valence-corrected chi connectivity index (χ1v) is 10.4. The summed E-state index contributed by atoms with van der Waals surface area (Å²) in [5, 5.41) is 4.07. The second kappa shape index (κ2) is 8.21. The van der Waals surface area contributed by atoms with Crippen LogP contribution in [0.15, 0.2) is 29.3 Å². The quantitative estimate of drug-likeness (QED) is 0.638. The number of rotatable bonds is 5. The van der Waals surface area contributed by atoms with E-state index in [-0.39, 0.29) is 17.7 Å².